The number of aliphatic hydroxyl groups is 1. The van der Waals surface area contributed by atoms with Crippen molar-refractivity contribution < 1.29 is 9.50 Å². The van der Waals surface area contributed by atoms with Gasteiger partial charge in [-0.1, -0.05) is 30.0 Å². The molecule has 1 atom stereocenters. The van der Waals surface area contributed by atoms with Gasteiger partial charge >= 0.3 is 0 Å². The van der Waals surface area contributed by atoms with Gasteiger partial charge in [-0.3, -0.25) is 9.98 Å². The van der Waals surface area contributed by atoms with E-state index in [0.717, 1.165) is 0 Å². The summed E-state index contributed by atoms with van der Waals surface area (Å²) >= 11 is 1.35. The molecule has 7 heteroatoms. The van der Waals surface area contributed by atoms with Gasteiger partial charge in [0, 0.05) is 19.2 Å². The van der Waals surface area contributed by atoms with Crippen LogP contribution in [0.5, 0.6) is 0 Å². The molecule has 0 fully saturated rings. The molecule has 3 N–H and O–H groups in total. The number of hydrogen-bond acceptors (Lipinski definition) is 4. The molecule has 0 spiro atoms. The topological polar surface area (TPSA) is 71.5 Å². The average molecular weight is 447 g/mol. The van der Waals surface area contributed by atoms with Gasteiger partial charge in [-0.2, -0.15) is 0 Å². The van der Waals surface area contributed by atoms with E-state index in [1.807, 2.05) is 6.26 Å². The van der Waals surface area contributed by atoms with Crippen molar-refractivity contribution in [3.05, 3.63) is 65.7 Å². The molecule has 1 aromatic carbocycles. The van der Waals surface area contributed by atoms with Gasteiger partial charge in [0.1, 0.15) is 11.4 Å². The highest BCUT2D eigenvalue weighted by Gasteiger charge is 2.32. The highest BCUT2D eigenvalue weighted by molar-refractivity contribution is 14.0. The first kappa shape index (κ1) is 19.9. The maximum absolute atomic E-state index is 13.1. The zero-order chi connectivity index (χ0) is 16.0. The van der Waals surface area contributed by atoms with Crippen molar-refractivity contribution in [3.63, 3.8) is 0 Å². The third-order valence-electron chi connectivity index (χ3n) is 3.36. The summed E-state index contributed by atoms with van der Waals surface area (Å²) in [5.74, 6) is -0.350. The maximum atomic E-state index is 13.1. The van der Waals surface area contributed by atoms with Crippen LogP contribution in [0.25, 0.3) is 0 Å². The third kappa shape index (κ3) is 5.15. The Kier molecular flexibility index (Phi) is 7.93. The number of halogens is 2. The first-order valence-corrected chi connectivity index (χ1v) is 8.02. The van der Waals surface area contributed by atoms with Gasteiger partial charge in [0.2, 0.25) is 0 Å². The predicted octanol–water partition coefficient (Wildman–Crippen LogP) is 3.14. The molecular weight excluding hydrogens is 428 g/mol. The fourth-order valence-electron chi connectivity index (χ4n) is 2.15. The van der Waals surface area contributed by atoms with E-state index in [9.17, 15) is 9.50 Å². The predicted molar refractivity (Wildman–Crippen MR) is 104 cm³/mol. The fraction of sp³-hybridized carbons (Fsp3) is 0.250. The van der Waals surface area contributed by atoms with Crippen molar-refractivity contribution in [2.75, 3.05) is 12.8 Å². The summed E-state index contributed by atoms with van der Waals surface area (Å²) in [7, 11) is 0. The molecule has 23 heavy (non-hydrogen) atoms. The second-order valence-corrected chi connectivity index (χ2v) is 5.58. The Morgan fingerprint density at radius 3 is 2.57 bits per heavy atom. The van der Waals surface area contributed by atoms with Gasteiger partial charge in [-0.25, -0.2) is 4.39 Å². The number of nitrogens with zero attached hydrogens (tertiary/aromatic N) is 2. The summed E-state index contributed by atoms with van der Waals surface area (Å²) < 4.78 is 13.1. The fourth-order valence-corrected chi connectivity index (χ4v) is 2.37. The molecule has 1 heterocycles. The van der Waals surface area contributed by atoms with E-state index < -0.39 is 5.60 Å². The van der Waals surface area contributed by atoms with Crippen molar-refractivity contribution in [3.8, 4) is 0 Å². The second-order valence-electron chi connectivity index (χ2n) is 4.76. The number of aromatic nitrogens is 1. The Labute approximate surface area is 156 Å². The summed E-state index contributed by atoms with van der Waals surface area (Å²) in [5, 5.41) is 11.6. The molecule has 0 aliphatic rings. The lowest BCUT2D eigenvalue weighted by atomic mass is 9.87. The van der Waals surface area contributed by atoms with E-state index in [-0.39, 0.29) is 29.8 Å². The van der Waals surface area contributed by atoms with Crippen LogP contribution in [0.4, 0.5) is 4.39 Å². The Morgan fingerprint density at radius 1 is 1.30 bits per heavy atom. The van der Waals surface area contributed by atoms with E-state index in [1.54, 1.807) is 36.5 Å². The molecule has 1 unspecified atom stereocenters. The third-order valence-corrected chi connectivity index (χ3v) is 3.91. The molecule has 1 aromatic heterocycles. The molecule has 0 radical (unpaired) electrons. The molecule has 0 amide bonds. The molecule has 4 nitrogen and oxygen atoms in total. The number of nitrogens with two attached hydrogens (primary N) is 1. The summed E-state index contributed by atoms with van der Waals surface area (Å²) in [6.07, 6.45) is 3.75. The van der Waals surface area contributed by atoms with E-state index >= 15 is 0 Å². The largest absolute Gasteiger partial charge is 0.379 e. The van der Waals surface area contributed by atoms with Crippen molar-refractivity contribution in [2.45, 2.75) is 12.0 Å². The smallest absolute Gasteiger partial charge is 0.153 e. The van der Waals surface area contributed by atoms with Crippen LogP contribution in [-0.2, 0) is 5.60 Å². The molecule has 0 aliphatic carbocycles. The van der Waals surface area contributed by atoms with Crippen LogP contribution in [-0.4, -0.2) is 28.1 Å². The van der Waals surface area contributed by atoms with E-state index in [0.29, 0.717) is 29.4 Å². The molecular formula is C16H19FIN3OS. The van der Waals surface area contributed by atoms with Crippen molar-refractivity contribution in [2.24, 2.45) is 10.7 Å². The minimum atomic E-state index is -1.34. The number of benzene rings is 1. The standard InChI is InChI=1S/C16H18FN3OS.HI/c1-22-15(18)20-11-9-16(21,14-4-2-3-10-19-14)12-5-7-13(17)8-6-12;/h2-8,10,21H,9,11H2,1H3,(H2,18,20);1H. The highest BCUT2D eigenvalue weighted by Crippen LogP contribution is 2.31. The van der Waals surface area contributed by atoms with E-state index in [4.69, 9.17) is 5.73 Å². The summed E-state index contributed by atoms with van der Waals surface area (Å²) in [4.78, 5) is 8.43. The van der Waals surface area contributed by atoms with Gasteiger partial charge in [-0.15, -0.1) is 24.0 Å². The normalized spacial score (nSPS) is 14.0. The summed E-state index contributed by atoms with van der Waals surface area (Å²) in [6, 6.07) is 11.1. The zero-order valence-corrected chi connectivity index (χ0v) is 15.8. The SMILES string of the molecule is CSC(N)=NCCC(O)(c1ccc(F)cc1)c1ccccn1.I. The van der Waals surface area contributed by atoms with Gasteiger partial charge in [0.15, 0.2) is 5.17 Å². The molecule has 2 aromatic rings. The number of amidine groups is 1. The quantitative estimate of drug-likeness (QED) is 0.420. The minimum Gasteiger partial charge on any atom is -0.379 e. The minimum absolute atomic E-state index is 0. The average Bonchev–Trinajstić information content (AvgIpc) is 2.56. The van der Waals surface area contributed by atoms with E-state index in [1.165, 1.54) is 23.9 Å². The Balaban J connectivity index is 0.00000264. The lowest BCUT2D eigenvalue weighted by Crippen LogP contribution is -2.29. The Bertz CT molecular complexity index is 640. The molecule has 2 rings (SSSR count). The van der Waals surface area contributed by atoms with E-state index in [2.05, 4.69) is 9.98 Å². The lowest BCUT2D eigenvalue weighted by molar-refractivity contribution is 0.0692. The molecule has 124 valence electrons. The second kappa shape index (κ2) is 9.19. The number of thioether (sulfide) groups is 1. The first-order valence-electron chi connectivity index (χ1n) is 6.80. The van der Waals surface area contributed by atoms with Crippen molar-refractivity contribution >= 4 is 40.9 Å². The first-order chi connectivity index (χ1) is 10.6. The zero-order valence-electron chi connectivity index (χ0n) is 12.6. The number of hydrogen-bond donors (Lipinski definition) is 2. The van der Waals surface area contributed by atoms with Crippen molar-refractivity contribution in [1.82, 2.24) is 4.98 Å². The van der Waals surface area contributed by atoms with Crippen LogP contribution in [0.2, 0.25) is 0 Å². The van der Waals surface area contributed by atoms with Crippen LogP contribution < -0.4 is 5.73 Å². The van der Waals surface area contributed by atoms with Crippen LogP contribution in [0, 0.1) is 5.82 Å². The maximum Gasteiger partial charge on any atom is 0.153 e. The molecule has 0 saturated carbocycles. The van der Waals surface area contributed by atoms with Gasteiger partial charge in [-0.05, 0) is 36.1 Å². The molecule has 0 saturated heterocycles. The van der Waals surface area contributed by atoms with Crippen LogP contribution >= 0.6 is 35.7 Å². The molecule has 0 aliphatic heterocycles. The van der Waals surface area contributed by atoms with Gasteiger partial charge in [0.05, 0.1) is 5.69 Å². The summed E-state index contributed by atoms with van der Waals surface area (Å²) in [5.41, 5.74) is 5.40. The summed E-state index contributed by atoms with van der Waals surface area (Å²) in [6.45, 7) is 0.344. The van der Waals surface area contributed by atoms with Crippen LogP contribution in [0.3, 0.4) is 0 Å². The Morgan fingerprint density at radius 2 is 2.00 bits per heavy atom. The Hall–Kier alpha value is -1.19. The number of pyridine rings is 1. The lowest BCUT2D eigenvalue weighted by Gasteiger charge is -2.27. The number of aliphatic imine (C=N–C) groups is 1. The number of rotatable bonds is 5. The molecule has 0 bridgehead atoms. The van der Waals surface area contributed by atoms with Crippen molar-refractivity contribution in [1.29, 1.82) is 0 Å². The van der Waals surface area contributed by atoms with Crippen LogP contribution in [0.15, 0.2) is 53.7 Å². The van der Waals surface area contributed by atoms with Crippen LogP contribution in [0.1, 0.15) is 17.7 Å². The highest BCUT2D eigenvalue weighted by atomic mass is 127. The van der Waals surface area contributed by atoms with Gasteiger partial charge in [0.25, 0.3) is 0 Å². The van der Waals surface area contributed by atoms with Gasteiger partial charge < -0.3 is 10.8 Å². The monoisotopic (exact) mass is 447 g/mol.